The van der Waals surface area contributed by atoms with E-state index in [0.717, 1.165) is 23.0 Å². The Hall–Kier alpha value is -1.36. The van der Waals surface area contributed by atoms with Crippen molar-refractivity contribution in [3.8, 4) is 11.6 Å². The van der Waals surface area contributed by atoms with Gasteiger partial charge in [0.2, 0.25) is 0 Å². The number of H-pyrrole nitrogens is 1. The normalized spacial score (nSPS) is 16.3. The Bertz CT molecular complexity index is 611. The zero-order chi connectivity index (χ0) is 12.5. The van der Waals surface area contributed by atoms with Crippen molar-refractivity contribution in [1.82, 2.24) is 9.97 Å². The fourth-order valence-corrected chi connectivity index (χ4v) is 2.87. The fraction of sp³-hybridized carbons (Fsp3) is 0.385. The van der Waals surface area contributed by atoms with Gasteiger partial charge in [-0.15, -0.1) is 0 Å². The van der Waals surface area contributed by atoms with E-state index in [9.17, 15) is 4.79 Å². The number of halogens is 1. The minimum absolute atomic E-state index is 0.120. The number of aromatic nitrogens is 2. The van der Waals surface area contributed by atoms with Gasteiger partial charge in [-0.1, -0.05) is 12.8 Å². The predicted octanol–water partition coefficient (Wildman–Crippen LogP) is 3.45. The molecule has 3 rings (SSSR count). The summed E-state index contributed by atoms with van der Waals surface area (Å²) in [5.74, 6) is 1.49. The monoisotopic (exact) mass is 308 g/mol. The van der Waals surface area contributed by atoms with Crippen molar-refractivity contribution in [2.45, 2.75) is 31.6 Å². The summed E-state index contributed by atoms with van der Waals surface area (Å²) in [5.41, 5.74) is 0.764. The number of aromatic amines is 1. The Morgan fingerprint density at radius 3 is 2.83 bits per heavy atom. The zero-order valence-electron chi connectivity index (χ0n) is 9.78. The number of nitrogens with one attached hydrogen (secondary N) is 1. The van der Waals surface area contributed by atoms with Crippen LogP contribution in [0.5, 0.6) is 0 Å². The van der Waals surface area contributed by atoms with Crippen LogP contribution in [0.25, 0.3) is 11.6 Å². The molecule has 0 radical (unpaired) electrons. The zero-order valence-corrected chi connectivity index (χ0v) is 11.4. The van der Waals surface area contributed by atoms with E-state index in [4.69, 9.17) is 4.42 Å². The van der Waals surface area contributed by atoms with Gasteiger partial charge in [0.15, 0.2) is 11.6 Å². The van der Waals surface area contributed by atoms with Gasteiger partial charge in [0.05, 0.1) is 16.4 Å². The summed E-state index contributed by atoms with van der Waals surface area (Å²) in [6.45, 7) is 0. The molecule has 0 amide bonds. The number of furan rings is 1. The van der Waals surface area contributed by atoms with Gasteiger partial charge >= 0.3 is 0 Å². The third-order valence-corrected chi connectivity index (χ3v) is 3.99. The second kappa shape index (κ2) is 4.72. The van der Waals surface area contributed by atoms with Crippen LogP contribution in [0, 0.1) is 0 Å². The molecule has 1 saturated carbocycles. The molecule has 1 fully saturated rings. The van der Waals surface area contributed by atoms with Gasteiger partial charge in [-0.25, -0.2) is 4.98 Å². The summed E-state index contributed by atoms with van der Waals surface area (Å²) in [6.07, 6.45) is 6.25. The predicted molar refractivity (Wildman–Crippen MR) is 71.5 cm³/mol. The van der Waals surface area contributed by atoms with Crippen molar-refractivity contribution in [1.29, 1.82) is 0 Å². The van der Waals surface area contributed by atoms with E-state index in [1.807, 2.05) is 0 Å². The molecule has 0 saturated heterocycles. The van der Waals surface area contributed by atoms with Gasteiger partial charge in [0.25, 0.3) is 5.56 Å². The Morgan fingerprint density at radius 1 is 1.39 bits per heavy atom. The molecule has 2 aromatic heterocycles. The molecule has 0 spiro atoms. The highest BCUT2D eigenvalue weighted by molar-refractivity contribution is 9.10. The van der Waals surface area contributed by atoms with E-state index in [-0.39, 0.29) is 5.56 Å². The number of rotatable bonds is 2. The molecular weight excluding hydrogens is 296 g/mol. The molecule has 94 valence electrons. The van der Waals surface area contributed by atoms with E-state index in [1.54, 1.807) is 18.4 Å². The average molecular weight is 309 g/mol. The number of hydrogen-bond donors (Lipinski definition) is 1. The van der Waals surface area contributed by atoms with Gasteiger partial charge in [-0.2, -0.15) is 0 Å². The maximum Gasteiger partial charge on any atom is 0.251 e. The van der Waals surface area contributed by atoms with Crippen LogP contribution in [0.3, 0.4) is 0 Å². The molecule has 0 aliphatic heterocycles. The molecule has 2 aromatic rings. The highest BCUT2D eigenvalue weighted by Crippen LogP contribution is 2.33. The van der Waals surface area contributed by atoms with Crippen LogP contribution in [0.15, 0.2) is 32.1 Å². The molecule has 1 aliphatic carbocycles. The quantitative estimate of drug-likeness (QED) is 0.924. The average Bonchev–Trinajstić information content (AvgIpc) is 2.98. The minimum atomic E-state index is -0.120. The molecule has 18 heavy (non-hydrogen) atoms. The molecule has 1 N–H and O–H groups in total. The second-order valence-electron chi connectivity index (χ2n) is 4.60. The summed E-state index contributed by atoms with van der Waals surface area (Å²) in [6, 6.07) is 3.40. The lowest BCUT2D eigenvalue weighted by atomic mass is 10.0. The summed E-state index contributed by atoms with van der Waals surface area (Å²) in [7, 11) is 0. The fourth-order valence-electron chi connectivity index (χ4n) is 2.48. The van der Waals surface area contributed by atoms with Gasteiger partial charge < -0.3 is 9.40 Å². The van der Waals surface area contributed by atoms with Crippen molar-refractivity contribution in [2.75, 3.05) is 0 Å². The highest BCUT2D eigenvalue weighted by Gasteiger charge is 2.20. The van der Waals surface area contributed by atoms with Crippen LogP contribution in [-0.2, 0) is 0 Å². The summed E-state index contributed by atoms with van der Waals surface area (Å²) in [4.78, 5) is 19.0. The molecule has 0 unspecified atom stereocenters. The van der Waals surface area contributed by atoms with Gasteiger partial charge in [0.1, 0.15) is 0 Å². The Labute approximate surface area is 113 Å². The minimum Gasteiger partial charge on any atom is -0.460 e. The van der Waals surface area contributed by atoms with Gasteiger partial charge in [-0.05, 0) is 34.8 Å². The highest BCUT2D eigenvalue weighted by atomic mass is 79.9. The van der Waals surface area contributed by atoms with Crippen LogP contribution < -0.4 is 5.56 Å². The SMILES string of the molecule is O=c1cc(C2CCCC2)nc(-c2occc2Br)[nH]1. The van der Waals surface area contributed by atoms with Crippen molar-refractivity contribution >= 4 is 15.9 Å². The van der Waals surface area contributed by atoms with E-state index in [0.29, 0.717) is 17.5 Å². The first-order valence-electron chi connectivity index (χ1n) is 6.08. The van der Waals surface area contributed by atoms with Gasteiger partial charge in [0, 0.05) is 12.0 Å². The molecule has 1 aliphatic rings. The lowest BCUT2D eigenvalue weighted by Crippen LogP contribution is -2.12. The second-order valence-corrected chi connectivity index (χ2v) is 5.45. The van der Waals surface area contributed by atoms with Gasteiger partial charge in [-0.3, -0.25) is 4.79 Å². The van der Waals surface area contributed by atoms with E-state index < -0.39 is 0 Å². The third-order valence-electron chi connectivity index (χ3n) is 3.37. The molecule has 0 bridgehead atoms. The van der Waals surface area contributed by atoms with Crippen LogP contribution in [-0.4, -0.2) is 9.97 Å². The standard InChI is InChI=1S/C13H13BrN2O2/c14-9-5-6-18-12(9)13-15-10(7-11(17)16-13)8-3-1-2-4-8/h5-8H,1-4H2,(H,15,16,17). The number of nitrogens with zero attached hydrogens (tertiary/aromatic N) is 1. The Kier molecular flexibility index (Phi) is 3.07. The summed E-state index contributed by atoms with van der Waals surface area (Å²) >= 11 is 3.38. The van der Waals surface area contributed by atoms with Crippen LogP contribution in [0.4, 0.5) is 0 Å². The number of hydrogen-bond acceptors (Lipinski definition) is 3. The first-order chi connectivity index (χ1) is 8.74. The maximum absolute atomic E-state index is 11.7. The molecule has 0 atom stereocenters. The largest absolute Gasteiger partial charge is 0.460 e. The molecular formula is C13H13BrN2O2. The topological polar surface area (TPSA) is 58.9 Å². The molecule has 5 heteroatoms. The molecule has 2 heterocycles. The first-order valence-corrected chi connectivity index (χ1v) is 6.88. The Balaban J connectivity index is 2.06. The lowest BCUT2D eigenvalue weighted by Gasteiger charge is -2.08. The first kappa shape index (κ1) is 11.7. The molecule has 4 nitrogen and oxygen atoms in total. The smallest absolute Gasteiger partial charge is 0.251 e. The van der Waals surface area contributed by atoms with Crippen LogP contribution >= 0.6 is 15.9 Å². The van der Waals surface area contributed by atoms with Crippen molar-refractivity contribution < 1.29 is 4.42 Å². The van der Waals surface area contributed by atoms with E-state index >= 15 is 0 Å². The van der Waals surface area contributed by atoms with Crippen molar-refractivity contribution in [2.24, 2.45) is 0 Å². The Morgan fingerprint density at radius 2 is 2.17 bits per heavy atom. The van der Waals surface area contributed by atoms with Crippen molar-refractivity contribution in [3.63, 3.8) is 0 Å². The van der Waals surface area contributed by atoms with Crippen LogP contribution in [0.2, 0.25) is 0 Å². The van der Waals surface area contributed by atoms with Crippen molar-refractivity contribution in [3.05, 3.63) is 38.9 Å². The maximum atomic E-state index is 11.7. The summed E-state index contributed by atoms with van der Waals surface area (Å²) < 4.78 is 6.14. The van der Waals surface area contributed by atoms with Crippen LogP contribution in [0.1, 0.15) is 37.3 Å². The summed E-state index contributed by atoms with van der Waals surface area (Å²) in [5, 5.41) is 0. The van der Waals surface area contributed by atoms with E-state index in [2.05, 4.69) is 25.9 Å². The van der Waals surface area contributed by atoms with E-state index in [1.165, 1.54) is 12.8 Å². The molecule has 0 aromatic carbocycles. The third kappa shape index (κ3) is 2.14. The lowest BCUT2D eigenvalue weighted by molar-refractivity contribution is 0.573.